The smallest absolute Gasteiger partial charge is 0.387 e. The number of aliphatic hydroxyl groups excluding tert-OH is 1. The number of nitrogens with two attached hydrogens (primary N) is 1. The van der Waals surface area contributed by atoms with E-state index in [0.29, 0.717) is 19.5 Å². The maximum absolute atomic E-state index is 12.4. The number of hydrogen-bond acceptors (Lipinski definition) is 5. The second-order valence-electron chi connectivity index (χ2n) is 4.11. The normalized spacial score (nSPS) is 12.5. The van der Waals surface area contributed by atoms with Crippen molar-refractivity contribution in [2.75, 3.05) is 26.8 Å². The molecule has 1 aromatic rings. The van der Waals surface area contributed by atoms with Crippen molar-refractivity contribution >= 4 is 0 Å². The highest BCUT2D eigenvalue weighted by Crippen LogP contribution is 2.31. The highest BCUT2D eigenvalue weighted by atomic mass is 19.3. The number of hydrogen-bond donors (Lipinski definition) is 3. The average molecular weight is 290 g/mol. The number of rotatable bonds is 9. The molecule has 5 nitrogen and oxygen atoms in total. The molecule has 1 rings (SSSR count). The molecule has 114 valence electrons. The maximum Gasteiger partial charge on any atom is 0.387 e. The zero-order chi connectivity index (χ0) is 15.0. The van der Waals surface area contributed by atoms with Gasteiger partial charge in [0.25, 0.3) is 0 Å². The molecule has 1 atom stereocenters. The Morgan fingerprint density at radius 3 is 2.65 bits per heavy atom. The lowest BCUT2D eigenvalue weighted by atomic mass is 10.1. The number of methoxy groups -OCH3 is 1. The highest BCUT2D eigenvalue weighted by molar-refractivity contribution is 5.44. The fraction of sp³-hybridized carbons (Fsp3) is 0.538. The second kappa shape index (κ2) is 8.68. The van der Waals surface area contributed by atoms with Crippen LogP contribution < -0.4 is 20.5 Å². The lowest BCUT2D eigenvalue weighted by Gasteiger charge is -2.19. The third-order valence-corrected chi connectivity index (χ3v) is 2.77. The van der Waals surface area contributed by atoms with Crippen molar-refractivity contribution in [1.82, 2.24) is 5.32 Å². The van der Waals surface area contributed by atoms with Crippen LogP contribution in [0.25, 0.3) is 0 Å². The van der Waals surface area contributed by atoms with Crippen molar-refractivity contribution in [3.63, 3.8) is 0 Å². The van der Waals surface area contributed by atoms with Crippen molar-refractivity contribution in [1.29, 1.82) is 0 Å². The summed E-state index contributed by atoms with van der Waals surface area (Å²) in [4.78, 5) is 0. The Morgan fingerprint density at radius 2 is 2.10 bits per heavy atom. The molecule has 0 heterocycles. The van der Waals surface area contributed by atoms with E-state index in [0.717, 1.165) is 5.56 Å². The first-order chi connectivity index (χ1) is 9.62. The third kappa shape index (κ3) is 4.92. The third-order valence-electron chi connectivity index (χ3n) is 2.77. The van der Waals surface area contributed by atoms with E-state index < -0.39 is 6.61 Å². The largest absolute Gasteiger partial charge is 0.493 e. The second-order valence-corrected chi connectivity index (χ2v) is 4.11. The van der Waals surface area contributed by atoms with Gasteiger partial charge in [-0.05, 0) is 30.7 Å². The van der Waals surface area contributed by atoms with Gasteiger partial charge in [0.1, 0.15) is 0 Å². The Labute approximate surface area is 116 Å². The van der Waals surface area contributed by atoms with Gasteiger partial charge in [0, 0.05) is 19.2 Å². The van der Waals surface area contributed by atoms with E-state index in [1.807, 2.05) is 0 Å². The van der Waals surface area contributed by atoms with Crippen LogP contribution in [0, 0.1) is 0 Å². The highest BCUT2D eigenvalue weighted by Gasteiger charge is 2.15. The standard InChI is InChI=1S/C13H20F2N2O3/c1-19-11-4-3-9(7-12(11)20-13(14)15)10(8-16)17-5-2-6-18/h3-4,7,10,13,17-18H,2,5-6,8,16H2,1H3. The lowest BCUT2D eigenvalue weighted by molar-refractivity contribution is -0.0512. The van der Waals surface area contributed by atoms with Crippen LogP contribution in [-0.2, 0) is 0 Å². The molecular formula is C13H20F2N2O3. The number of aliphatic hydroxyl groups is 1. The summed E-state index contributed by atoms with van der Waals surface area (Å²) in [5, 5.41) is 11.9. The molecule has 0 amide bonds. The van der Waals surface area contributed by atoms with E-state index in [4.69, 9.17) is 15.6 Å². The van der Waals surface area contributed by atoms with Crippen molar-refractivity contribution in [2.24, 2.45) is 5.73 Å². The molecule has 1 unspecified atom stereocenters. The van der Waals surface area contributed by atoms with E-state index >= 15 is 0 Å². The summed E-state index contributed by atoms with van der Waals surface area (Å²) in [7, 11) is 1.38. The molecule has 0 aliphatic rings. The minimum Gasteiger partial charge on any atom is -0.493 e. The molecule has 0 saturated heterocycles. The molecule has 0 fully saturated rings. The molecule has 7 heteroatoms. The molecule has 1 aromatic carbocycles. The van der Waals surface area contributed by atoms with Crippen LogP contribution in [0.3, 0.4) is 0 Å². The van der Waals surface area contributed by atoms with Gasteiger partial charge in [0.05, 0.1) is 7.11 Å². The molecule has 20 heavy (non-hydrogen) atoms. The molecule has 0 aliphatic carbocycles. The molecule has 0 aliphatic heterocycles. The van der Waals surface area contributed by atoms with Gasteiger partial charge in [-0.3, -0.25) is 0 Å². The molecule has 0 bridgehead atoms. The van der Waals surface area contributed by atoms with Crippen LogP contribution in [0.5, 0.6) is 11.5 Å². The van der Waals surface area contributed by atoms with Crippen molar-refractivity contribution in [2.45, 2.75) is 19.1 Å². The molecule has 0 spiro atoms. The monoisotopic (exact) mass is 290 g/mol. The first-order valence-electron chi connectivity index (χ1n) is 6.29. The lowest BCUT2D eigenvalue weighted by Crippen LogP contribution is -2.29. The fourth-order valence-electron chi connectivity index (χ4n) is 1.79. The van der Waals surface area contributed by atoms with E-state index in [1.165, 1.54) is 13.2 Å². The summed E-state index contributed by atoms with van der Waals surface area (Å²) in [6.45, 7) is -1.97. The van der Waals surface area contributed by atoms with Gasteiger partial charge in [-0.2, -0.15) is 8.78 Å². The van der Waals surface area contributed by atoms with Gasteiger partial charge in [0.2, 0.25) is 0 Å². The van der Waals surface area contributed by atoms with Gasteiger partial charge in [0.15, 0.2) is 11.5 Å². The van der Waals surface area contributed by atoms with Gasteiger partial charge >= 0.3 is 6.61 Å². The van der Waals surface area contributed by atoms with Crippen LogP contribution >= 0.6 is 0 Å². The van der Waals surface area contributed by atoms with Gasteiger partial charge in [-0.25, -0.2) is 0 Å². The van der Waals surface area contributed by atoms with E-state index in [2.05, 4.69) is 10.1 Å². The first-order valence-corrected chi connectivity index (χ1v) is 6.29. The van der Waals surface area contributed by atoms with Crippen LogP contribution in [0.15, 0.2) is 18.2 Å². The minimum atomic E-state index is -2.92. The number of nitrogens with one attached hydrogen (secondary N) is 1. The maximum atomic E-state index is 12.4. The van der Waals surface area contributed by atoms with Crippen LogP contribution in [0.2, 0.25) is 0 Å². The zero-order valence-corrected chi connectivity index (χ0v) is 11.3. The Morgan fingerprint density at radius 1 is 1.35 bits per heavy atom. The summed E-state index contributed by atoms with van der Waals surface area (Å²) in [6.07, 6.45) is 0.590. The van der Waals surface area contributed by atoms with Crippen LogP contribution in [0.4, 0.5) is 8.78 Å². The van der Waals surface area contributed by atoms with E-state index in [-0.39, 0.29) is 24.1 Å². The van der Waals surface area contributed by atoms with E-state index in [1.54, 1.807) is 12.1 Å². The van der Waals surface area contributed by atoms with Gasteiger partial charge < -0.3 is 25.6 Å². The summed E-state index contributed by atoms with van der Waals surface area (Å²) in [5.41, 5.74) is 6.39. The van der Waals surface area contributed by atoms with E-state index in [9.17, 15) is 8.78 Å². The topological polar surface area (TPSA) is 76.7 Å². The Kier molecular flexibility index (Phi) is 7.21. The number of halogens is 2. The summed E-state index contributed by atoms with van der Waals surface area (Å²) >= 11 is 0. The Balaban J connectivity index is 2.87. The molecule has 0 radical (unpaired) electrons. The Bertz CT molecular complexity index is 405. The first kappa shape index (κ1) is 16.6. The average Bonchev–Trinajstić information content (AvgIpc) is 2.43. The Hall–Kier alpha value is -1.44. The number of benzene rings is 1. The van der Waals surface area contributed by atoms with Crippen molar-refractivity contribution in [3.05, 3.63) is 23.8 Å². The minimum absolute atomic E-state index is 0.0255. The molecule has 0 aromatic heterocycles. The predicted octanol–water partition coefficient (Wildman–Crippen LogP) is 1.27. The van der Waals surface area contributed by atoms with Crippen LogP contribution in [-0.4, -0.2) is 38.5 Å². The molecule has 4 N–H and O–H groups in total. The summed E-state index contributed by atoms with van der Waals surface area (Å²) < 4.78 is 34.1. The van der Waals surface area contributed by atoms with Crippen molar-refractivity contribution < 1.29 is 23.4 Å². The molecule has 0 saturated carbocycles. The quantitative estimate of drug-likeness (QED) is 0.597. The van der Waals surface area contributed by atoms with Gasteiger partial charge in [-0.1, -0.05) is 6.07 Å². The van der Waals surface area contributed by atoms with Crippen LogP contribution in [0.1, 0.15) is 18.0 Å². The summed E-state index contributed by atoms with van der Waals surface area (Å²) in [6, 6.07) is 4.57. The zero-order valence-electron chi connectivity index (χ0n) is 11.3. The SMILES string of the molecule is COc1ccc(C(CN)NCCCO)cc1OC(F)F. The van der Waals surface area contributed by atoms with Gasteiger partial charge in [-0.15, -0.1) is 0 Å². The molecular weight excluding hydrogens is 270 g/mol. The number of alkyl halides is 2. The fourth-order valence-corrected chi connectivity index (χ4v) is 1.79. The number of ether oxygens (including phenoxy) is 2. The van der Waals surface area contributed by atoms with Crippen molar-refractivity contribution in [3.8, 4) is 11.5 Å². The predicted molar refractivity (Wildman–Crippen MR) is 71.1 cm³/mol. The summed E-state index contributed by atoms with van der Waals surface area (Å²) in [5.74, 6) is 0.211.